The average molecular weight is 626 g/mol. The zero-order valence-corrected chi connectivity index (χ0v) is 25.9. The number of nitrogens with one attached hydrogen (secondary N) is 2. The van der Waals surface area contributed by atoms with E-state index >= 15 is 0 Å². The number of fused-ring (bicyclic) bond motifs is 1. The van der Waals surface area contributed by atoms with Gasteiger partial charge in [0, 0.05) is 28.7 Å². The smallest absolute Gasteiger partial charge is 0.266 e. The SMILES string of the molecule is CC(C)n1nc(CNC(=O)[C@@H]2c3ccccc3C(=O)N(C3CCCC[C@@H]3NS(C)(=O)=O)[C@H]2c2ccc(Cl)cc2)ccc1=O. The van der Waals surface area contributed by atoms with Gasteiger partial charge in [-0.25, -0.2) is 17.8 Å². The lowest BCUT2D eigenvalue weighted by atomic mass is 9.76. The Morgan fingerprint density at radius 2 is 1.72 bits per heavy atom. The van der Waals surface area contributed by atoms with E-state index in [1.807, 2.05) is 26.0 Å². The van der Waals surface area contributed by atoms with E-state index in [4.69, 9.17) is 11.6 Å². The number of carbonyl (C=O) groups excluding carboxylic acids is 2. The topological polar surface area (TPSA) is 130 Å². The Hall–Kier alpha value is -3.54. The van der Waals surface area contributed by atoms with Crippen LogP contribution in [0.15, 0.2) is 65.5 Å². The van der Waals surface area contributed by atoms with Gasteiger partial charge in [-0.2, -0.15) is 5.10 Å². The summed E-state index contributed by atoms with van der Waals surface area (Å²) in [6, 6.07) is 15.3. The fourth-order valence-corrected chi connectivity index (χ4v) is 7.24. The molecule has 12 heteroatoms. The molecule has 2 aliphatic rings. The first-order valence-electron chi connectivity index (χ1n) is 14.5. The quantitative estimate of drug-likeness (QED) is 0.390. The summed E-state index contributed by atoms with van der Waals surface area (Å²) in [5.74, 6) is -1.39. The summed E-state index contributed by atoms with van der Waals surface area (Å²) in [5, 5.41) is 7.92. The minimum atomic E-state index is -3.56. The Morgan fingerprint density at radius 3 is 2.42 bits per heavy atom. The van der Waals surface area contributed by atoms with Gasteiger partial charge in [0.1, 0.15) is 0 Å². The monoisotopic (exact) mass is 625 g/mol. The summed E-state index contributed by atoms with van der Waals surface area (Å²) in [7, 11) is -3.56. The number of benzene rings is 2. The maximum Gasteiger partial charge on any atom is 0.266 e. The zero-order valence-electron chi connectivity index (χ0n) is 24.4. The number of carbonyl (C=O) groups is 2. The lowest BCUT2D eigenvalue weighted by molar-refractivity contribution is -0.124. The number of aromatic nitrogens is 2. The molecule has 4 atom stereocenters. The number of sulfonamides is 1. The highest BCUT2D eigenvalue weighted by molar-refractivity contribution is 7.88. The number of halogens is 1. The van der Waals surface area contributed by atoms with Gasteiger partial charge in [-0.1, -0.05) is 54.8 Å². The summed E-state index contributed by atoms with van der Waals surface area (Å²) < 4.78 is 28.8. The number of rotatable bonds is 8. The van der Waals surface area contributed by atoms with Crippen molar-refractivity contribution in [2.75, 3.05) is 6.26 Å². The first kappa shape index (κ1) is 30.9. The zero-order chi connectivity index (χ0) is 30.9. The molecule has 0 spiro atoms. The molecule has 2 amide bonds. The van der Waals surface area contributed by atoms with E-state index in [1.165, 1.54) is 10.7 Å². The molecule has 43 heavy (non-hydrogen) atoms. The summed E-state index contributed by atoms with van der Waals surface area (Å²) in [6.07, 6.45) is 3.92. The van der Waals surface area contributed by atoms with Crippen LogP contribution in [0.1, 0.15) is 84.7 Å². The van der Waals surface area contributed by atoms with Crippen LogP contribution in [0.3, 0.4) is 0 Å². The molecule has 0 bridgehead atoms. The molecular formula is C31H36ClN5O5S. The lowest BCUT2D eigenvalue weighted by Gasteiger charge is -2.49. The first-order valence-corrected chi connectivity index (χ1v) is 16.7. The summed E-state index contributed by atoms with van der Waals surface area (Å²) >= 11 is 6.24. The van der Waals surface area contributed by atoms with Crippen LogP contribution < -0.4 is 15.6 Å². The van der Waals surface area contributed by atoms with E-state index in [2.05, 4.69) is 15.1 Å². The highest BCUT2D eigenvalue weighted by Crippen LogP contribution is 2.46. The van der Waals surface area contributed by atoms with Gasteiger partial charge < -0.3 is 10.2 Å². The number of nitrogens with zero attached hydrogens (tertiary/aromatic N) is 3. The molecule has 3 aromatic rings. The van der Waals surface area contributed by atoms with Gasteiger partial charge >= 0.3 is 0 Å². The number of hydrogen-bond donors (Lipinski definition) is 2. The van der Waals surface area contributed by atoms with E-state index in [9.17, 15) is 22.8 Å². The second-order valence-electron chi connectivity index (χ2n) is 11.5. The van der Waals surface area contributed by atoms with Gasteiger partial charge in [0.25, 0.3) is 11.5 Å². The molecule has 228 valence electrons. The molecule has 5 rings (SSSR count). The van der Waals surface area contributed by atoms with Crippen molar-refractivity contribution >= 4 is 33.4 Å². The summed E-state index contributed by atoms with van der Waals surface area (Å²) in [5.41, 5.74) is 2.00. The van der Waals surface area contributed by atoms with Crippen LogP contribution in [0.4, 0.5) is 0 Å². The summed E-state index contributed by atoms with van der Waals surface area (Å²) in [4.78, 5) is 42.5. The Labute approximate surface area is 256 Å². The van der Waals surface area contributed by atoms with Gasteiger partial charge in [0.15, 0.2) is 0 Å². The van der Waals surface area contributed by atoms with E-state index < -0.39 is 34.1 Å². The van der Waals surface area contributed by atoms with Gasteiger partial charge in [-0.15, -0.1) is 0 Å². The Kier molecular flexibility index (Phi) is 9.05. The Morgan fingerprint density at radius 1 is 1.02 bits per heavy atom. The largest absolute Gasteiger partial charge is 0.350 e. The molecule has 2 aromatic carbocycles. The van der Waals surface area contributed by atoms with Crippen molar-refractivity contribution in [1.82, 2.24) is 24.7 Å². The fraction of sp³-hybridized carbons (Fsp3) is 0.419. The minimum absolute atomic E-state index is 0.0769. The third-order valence-electron chi connectivity index (χ3n) is 8.14. The predicted octanol–water partition coefficient (Wildman–Crippen LogP) is 3.94. The normalized spacial score (nSPS) is 22.3. The molecule has 10 nitrogen and oxygen atoms in total. The van der Waals surface area contributed by atoms with Crippen LogP contribution in [0, 0.1) is 0 Å². The van der Waals surface area contributed by atoms with Crippen LogP contribution in [0.25, 0.3) is 0 Å². The van der Waals surface area contributed by atoms with Gasteiger partial charge in [-0.05, 0) is 62.1 Å². The molecule has 1 unspecified atom stereocenters. The molecule has 1 aliphatic heterocycles. The molecule has 2 heterocycles. The highest BCUT2D eigenvalue weighted by Gasteiger charge is 2.48. The van der Waals surface area contributed by atoms with Crippen molar-refractivity contribution in [2.45, 2.75) is 76.2 Å². The second kappa shape index (κ2) is 12.6. The van der Waals surface area contributed by atoms with Crippen LogP contribution in [-0.2, 0) is 21.4 Å². The van der Waals surface area contributed by atoms with Gasteiger partial charge in [-0.3, -0.25) is 14.4 Å². The van der Waals surface area contributed by atoms with Crippen molar-refractivity contribution < 1.29 is 18.0 Å². The summed E-state index contributed by atoms with van der Waals surface area (Å²) in [6.45, 7) is 3.79. The Bertz CT molecular complexity index is 1670. The first-order chi connectivity index (χ1) is 20.4. The van der Waals surface area contributed by atoms with Gasteiger partial charge in [0.05, 0.1) is 36.5 Å². The second-order valence-corrected chi connectivity index (χ2v) is 13.8. The average Bonchev–Trinajstić information content (AvgIpc) is 2.96. The van der Waals surface area contributed by atoms with E-state index in [0.29, 0.717) is 40.2 Å². The molecule has 1 aromatic heterocycles. The fourth-order valence-electron chi connectivity index (χ4n) is 6.29. The van der Waals surface area contributed by atoms with E-state index in [1.54, 1.807) is 47.4 Å². The highest BCUT2D eigenvalue weighted by atomic mass is 35.5. The third kappa shape index (κ3) is 6.68. The predicted molar refractivity (Wildman–Crippen MR) is 164 cm³/mol. The molecule has 0 radical (unpaired) electrons. The molecular weight excluding hydrogens is 590 g/mol. The van der Waals surface area contributed by atoms with E-state index in [-0.39, 0.29) is 30.0 Å². The van der Waals surface area contributed by atoms with Crippen molar-refractivity contribution in [3.05, 3.63) is 98.4 Å². The van der Waals surface area contributed by atoms with Crippen LogP contribution in [-0.4, -0.2) is 53.3 Å². The maximum atomic E-state index is 14.3. The van der Waals surface area contributed by atoms with Crippen LogP contribution in [0.2, 0.25) is 5.02 Å². The van der Waals surface area contributed by atoms with Gasteiger partial charge in [0.2, 0.25) is 15.9 Å². The molecule has 1 saturated carbocycles. The van der Waals surface area contributed by atoms with Crippen molar-refractivity contribution in [3.63, 3.8) is 0 Å². The third-order valence-corrected chi connectivity index (χ3v) is 9.12. The van der Waals surface area contributed by atoms with Crippen molar-refractivity contribution in [3.8, 4) is 0 Å². The van der Waals surface area contributed by atoms with Crippen molar-refractivity contribution in [1.29, 1.82) is 0 Å². The van der Waals surface area contributed by atoms with Crippen LogP contribution >= 0.6 is 11.6 Å². The van der Waals surface area contributed by atoms with E-state index in [0.717, 1.165) is 19.1 Å². The number of amides is 2. The number of hydrogen-bond acceptors (Lipinski definition) is 6. The molecule has 2 N–H and O–H groups in total. The van der Waals surface area contributed by atoms with Crippen LogP contribution in [0.5, 0.6) is 0 Å². The minimum Gasteiger partial charge on any atom is -0.350 e. The molecule has 1 aliphatic carbocycles. The molecule has 0 saturated heterocycles. The molecule has 1 fully saturated rings. The lowest BCUT2D eigenvalue weighted by Crippen LogP contribution is -2.59. The van der Waals surface area contributed by atoms with Crippen molar-refractivity contribution in [2.24, 2.45) is 0 Å². The Balaban J connectivity index is 1.59. The maximum absolute atomic E-state index is 14.3. The standard InChI is InChI=1S/C31H36ClN5O5S/c1-19(2)37-27(38)17-16-22(34-37)18-33-30(39)28-23-8-4-5-9-24(23)31(40)36(29(28)20-12-14-21(32)15-13-20)26-11-7-6-10-25(26)35-43(3,41)42/h4-5,8-9,12-17,19,25-26,28-29,35H,6-7,10-11,18H2,1-3H3,(H,33,39)/t25-,26?,28+,29-/m0/s1.